The van der Waals surface area contributed by atoms with Gasteiger partial charge in [0.05, 0.1) is 11.4 Å². The SMILES string of the molecule is C.C.C.CC.CC.CC(C)c1ncoc1C(C)C.CC(C)c1ncoc1C(C)C. The van der Waals surface area contributed by atoms with Crippen molar-refractivity contribution in [2.24, 2.45) is 0 Å². The summed E-state index contributed by atoms with van der Waals surface area (Å²) in [7, 11) is 0. The van der Waals surface area contributed by atoms with Crippen LogP contribution < -0.4 is 0 Å². The zero-order valence-corrected chi connectivity index (χ0v) is 19.2. The molecular weight excluding hydrogens is 360 g/mol. The van der Waals surface area contributed by atoms with Gasteiger partial charge in [-0.05, 0) is 11.8 Å². The Morgan fingerprint density at radius 1 is 0.517 bits per heavy atom. The number of aromatic nitrogens is 2. The molecular formula is C25H54N2O2. The number of nitrogens with zero attached hydrogens (tertiary/aromatic N) is 2. The molecule has 4 heteroatoms. The van der Waals surface area contributed by atoms with Crippen LogP contribution in [0.15, 0.2) is 21.6 Å². The number of oxazole rings is 2. The topological polar surface area (TPSA) is 52.1 Å². The van der Waals surface area contributed by atoms with E-state index in [1.165, 1.54) is 12.8 Å². The third-order valence-corrected chi connectivity index (χ3v) is 3.39. The zero-order valence-electron chi connectivity index (χ0n) is 19.2. The van der Waals surface area contributed by atoms with Gasteiger partial charge in [-0.25, -0.2) is 9.97 Å². The molecule has 0 atom stereocenters. The standard InChI is InChI=1S/2C9H15NO.2C2H6.3CH4/c2*1-6(2)8-9(7(3)4)11-5-10-8;2*1-2;;;/h2*5-7H,1-4H3;2*1-2H3;3*1H4. The Balaban J connectivity index is -0.000000104. The molecule has 0 fully saturated rings. The van der Waals surface area contributed by atoms with Crippen LogP contribution in [0.5, 0.6) is 0 Å². The van der Waals surface area contributed by atoms with Crippen LogP contribution in [0.4, 0.5) is 0 Å². The summed E-state index contributed by atoms with van der Waals surface area (Å²) >= 11 is 0. The second-order valence-corrected chi connectivity index (χ2v) is 6.82. The van der Waals surface area contributed by atoms with Gasteiger partial charge in [-0.3, -0.25) is 0 Å². The zero-order chi connectivity index (χ0) is 20.9. The average molecular weight is 415 g/mol. The molecule has 2 aromatic heterocycles. The molecule has 0 N–H and O–H groups in total. The van der Waals surface area contributed by atoms with Gasteiger partial charge in [0.1, 0.15) is 11.5 Å². The Hall–Kier alpha value is -1.58. The maximum absolute atomic E-state index is 5.28. The van der Waals surface area contributed by atoms with Crippen LogP contribution in [0.2, 0.25) is 0 Å². The van der Waals surface area contributed by atoms with Crippen LogP contribution in [0.3, 0.4) is 0 Å². The highest BCUT2D eigenvalue weighted by molar-refractivity contribution is 5.15. The Kier molecular flexibility index (Phi) is 27.8. The van der Waals surface area contributed by atoms with E-state index in [9.17, 15) is 0 Å². The summed E-state index contributed by atoms with van der Waals surface area (Å²) in [6, 6.07) is 0. The molecule has 0 aliphatic heterocycles. The van der Waals surface area contributed by atoms with Crippen molar-refractivity contribution < 1.29 is 8.83 Å². The second-order valence-electron chi connectivity index (χ2n) is 6.82. The molecule has 2 heterocycles. The molecule has 176 valence electrons. The summed E-state index contributed by atoms with van der Waals surface area (Å²) in [5.74, 6) is 3.86. The third-order valence-electron chi connectivity index (χ3n) is 3.39. The van der Waals surface area contributed by atoms with Gasteiger partial charge in [-0.15, -0.1) is 0 Å². The lowest BCUT2D eigenvalue weighted by Gasteiger charge is -2.05. The Morgan fingerprint density at radius 2 is 0.759 bits per heavy atom. The number of hydrogen-bond acceptors (Lipinski definition) is 4. The van der Waals surface area contributed by atoms with Crippen LogP contribution in [0.25, 0.3) is 0 Å². The maximum atomic E-state index is 5.28. The first-order valence-electron chi connectivity index (χ1n) is 10.1. The van der Waals surface area contributed by atoms with Gasteiger partial charge in [0.25, 0.3) is 0 Å². The van der Waals surface area contributed by atoms with E-state index in [4.69, 9.17) is 8.83 Å². The Labute approximate surface area is 183 Å². The summed E-state index contributed by atoms with van der Waals surface area (Å²) in [6.45, 7) is 25.0. The molecule has 2 aromatic rings. The van der Waals surface area contributed by atoms with Crippen LogP contribution in [0.1, 0.15) is 152 Å². The Morgan fingerprint density at radius 3 is 0.897 bits per heavy atom. The van der Waals surface area contributed by atoms with E-state index < -0.39 is 0 Å². The van der Waals surface area contributed by atoms with Crippen molar-refractivity contribution in [3.05, 3.63) is 35.7 Å². The predicted molar refractivity (Wildman–Crippen MR) is 132 cm³/mol. The van der Waals surface area contributed by atoms with E-state index in [0.29, 0.717) is 23.7 Å². The molecule has 0 aliphatic rings. The molecule has 0 radical (unpaired) electrons. The van der Waals surface area contributed by atoms with Gasteiger partial charge < -0.3 is 8.83 Å². The van der Waals surface area contributed by atoms with Gasteiger partial charge in [0, 0.05) is 11.8 Å². The van der Waals surface area contributed by atoms with E-state index >= 15 is 0 Å². The highest BCUT2D eigenvalue weighted by atomic mass is 16.3. The van der Waals surface area contributed by atoms with Crippen molar-refractivity contribution in [1.29, 1.82) is 0 Å². The summed E-state index contributed by atoms with van der Waals surface area (Å²) in [5.41, 5.74) is 2.19. The van der Waals surface area contributed by atoms with E-state index in [1.54, 1.807) is 0 Å². The first kappa shape index (κ1) is 38.1. The fourth-order valence-electron chi connectivity index (χ4n) is 2.26. The average Bonchev–Trinajstić information content (AvgIpc) is 3.28. The number of rotatable bonds is 4. The molecule has 0 bridgehead atoms. The van der Waals surface area contributed by atoms with E-state index in [1.807, 2.05) is 27.7 Å². The van der Waals surface area contributed by atoms with Crippen molar-refractivity contribution in [2.75, 3.05) is 0 Å². The third kappa shape index (κ3) is 13.3. The lowest BCUT2D eigenvalue weighted by molar-refractivity contribution is 0.476. The molecule has 0 saturated carbocycles. The minimum absolute atomic E-state index is 0. The quantitative estimate of drug-likeness (QED) is 0.499. The Bertz CT molecular complexity index is 457. The fraction of sp³-hybridized carbons (Fsp3) is 0.760. The van der Waals surface area contributed by atoms with Crippen molar-refractivity contribution in [3.63, 3.8) is 0 Å². The van der Waals surface area contributed by atoms with E-state index in [-0.39, 0.29) is 22.3 Å². The molecule has 2 rings (SSSR count). The lowest BCUT2D eigenvalue weighted by atomic mass is 10.0. The first-order valence-corrected chi connectivity index (χ1v) is 10.1. The van der Waals surface area contributed by atoms with Gasteiger partial charge in [-0.1, -0.05) is 105 Å². The van der Waals surface area contributed by atoms with Crippen molar-refractivity contribution in [2.45, 2.75) is 129 Å². The minimum atomic E-state index is 0. The first-order chi connectivity index (χ1) is 12.3. The molecule has 0 aliphatic carbocycles. The van der Waals surface area contributed by atoms with Crippen LogP contribution in [0, 0.1) is 0 Å². The van der Waals surface area contributed by atoms with Gasteiger partial charge in [0.2, 0.25) is 0 Å². The monoisotopic (exact) mass is 414 g/mol. The molecule has 0 spiro atoms. The van der Waals surface area contributed by atoms with Crippen molar-refractivity contribution >= 4 is 0 Å². The molecule has 4 nitrogen and oxygen atoms in total. The summed E-state index contributed by atoms with van der Waals surface area (Å²) in [4.78, 5) is 8.34. The smallest absolute Gasteiger partial charge is 0.181 e. The normalized spacial score (nSPS) is 9.10. The van der Waals surface area contributed by atoms with Crippen LogP contribution >= 0.6 is 0 Å². The summed E-state index contributed by atoms with van der Waals surface area (Å²) in [6.07, 6.45) is 3.06. The van der Waals surface area contributed by atoms with E-state index in [0.717, 1.165) is 22.9 Å². The van der Waals surface area contributed by atoms with Crippen molar-refractivity contribution in [1.82, 2.24) is 9.97 Å². The number of hydrogen-bond donors (Lipinski definition) is 0. The van der Waals surface area contributed by atoms with Gasteiger partial charge in [-0.2, -0.15) is 0 Å². The molecule has 0 amide bonds. The highest BCUT2D eigenvalue weighted by Gasteiger charge is 2.14. The maximum Gasteiger partial charge on any atom is 0.181 e. The molecule has 29 heavy (non-hydrogen) atoms. The predicted octanol–water partition coefficient (Wildman–Crippen LogP) is 9.80. The summed E-state index contributed by atoms with van der Waals surface area (Å²) < 4.78 is 10.6. The van der Waals surface area contributed by atoms with Gasteiger partial charge >= 0.3 is 0 Å². The molecule has 0 aromatic carbocycles. The van der Waals surface area contributed by atoms with Crippen molar-refractivity contribution in [3.8, 4) is 0 Å². The fourth-order valence-corrected chi connectivity index (χ4v) is 2.26. The molecule has 0 saturated heterocycles. The highest BCUT2D eigenvalue weighted by Crippen LogP contribution is 2.24. The van der Waals surface area contributed by atoms with Crippen LogP contribution in [-0.2, 0) is 0 Å². The molecule has 0 unspecified atom stereocenters. The van der Waals surface area contributed by atoms with Crippen LogP contribution in [-0.4, -0.2) is 9.97 Å². The minimum Gasteiger partial charge on any atom is -0.448 e. The second kappa shape index (κ2) is 21.1. The summed E-state index contributed by atoms with van der Waals surface area (Å²) in [5, 5.41) is 0. The lowest BCUT2D eigenvalue weighted by Crippen LogP contribution is -1.95. The largest absolute Gasteiger partial charge is 0.448 e. The van der Waals surface area contributed by atoms with E-state index in [2.05, 4.69) is 65.4 Å². The van der Waals surface area contributed by atoms with Gasteiger partial charge in [0.15, 0.2) is 12.8 Å².